The molecule has 7 heteroatoms. The normalized spacial score (nSPS) is 15.6. The van der Waals surface area contributed by atoms with Crippen LogP contribution >= 0.6 is 11.8 Å². The highest BCUT2D eigenvalue weighted by atomic mass is 32.2. The molecule has 1 aliphatic heterocycles. The molecule has 0 spiro atoms. The highest BCUT2D eigenvalue weighted by Gasteiger charge is 2.36. The minimum atomic E-state index is -0.518. The molecule has 0 unspecified atom stereocenters. The molecule has 1 heterocycles. The van der Waals surface area contributed by atoms with Crippen LogP contribution in [0.4, 0.5) is 10.5 Å². The van der Waals surface area contributed by atoms with Crippen molar-refractivity contribution in [1.82, 2.24) is 4.90 Å². The Morgan fingerprint density at radius 3 is 2.69 bits per heavy atom. The zero-order valence-corrected chi connectivity index (χ0v) is 14.7. The van der Waals surface area contributed by atoms with Gasteiger partial charge < -0.3 is 10.4 Å². The number of carbonyl (C=O) groups is 3. The molecule has 2 aromatic rings. The number of rotatable bonds is 4. The van der Waals surface area contributed by atoms with Gasteiger partial charge in [-0.15, -0.1) is 0 Å². The van der Waals surface area contributed by atoms with Crippen LogP contribution in [0, 0.1) is 6.92 Å². The Labute approximate surface area is 154 Å². The molecule has 3 amide bonds. The molecule has 132 valence electrons. The number of amides is 3. The highest BCUT2D eigenvalue weighted by molar-refractivity contribution is 8.18. The first-order chi connectivity index (χ1) is 12.4. The molecule has 0 saturated carbocycles. The lowest BCUT2D eigenvalue weighted by Gasteiger charge is -2.12. The van der Waals surface area contributed by atoms with Crippen LogP contribution in [0.15, 0.2) is 53.4 Å². The number of aryl methyl sites for hydroxylation is 1. The number of imide groups is 1. The molecule has 1 aliphatic rings. The Balaban J connectivity index is 1.71. The number of nitrogens with one attached hydrogen (secondary N) is 1. The number of hydrogen-bond acceptors (Lipinski definition) is 5. The second kappa shape index (κ2) is 7.45. The lowest BCUT2D eigenvalue weighted by Crippen LogP contribution is -2.36. The summed E-state index contributed by atoms with van der Waals surface area (Å²) in [7, 11) is 0. The van der Waals surface area contributed by atoms with E-state index in [9.17, 15) is 19.5 Å². The molecule has 0 radical (unpaired) electrons. The molecule has 1 fully saturated rings. The summed E-state index contributed by atoms with van der Waals surface area (Å²) in [6.45, 7) is 1.53. The van der Waals surface area contributed by atoms with Crippen molar-refractivity contribution in [2.45, 2.75) is 6.92 Å². The average molecular weight is 368 g/mol. The smallest absolute Gasteiger partial charge is 0.294 e. The summed E-state index contributed by atoms with van der Waals surface area (Å²) < 4.78 is 0. The molecule has 6 nitrogen and oxygen atoms in total. The number of carbonyl (C=O) groups excluding carboxylic acids is 3. The van der Waals surface area contributed by atoms with Crippen LogP contribution in [0.25, 0.3) is 6.08 Å². The summed E-state index contributed by atoms with van der Waals surface area (Å²) in [6, 6.07) is 13.6. The molecular formula is C19H16N2O4S. The van der Waals surface area contributed by atoms with Crippen molar-refractivity contribution in [3.05, 3.63) is 64.6 Å². The summed E-state index contributed by atoms with van der Waals surface area (Å²) >= 11 is 0.815. The Kier molecular flexibility index (Phi) is 5.09. The number of aromatic hydroxyl groups is 1. The quantitative estimate of drug-likeness (QED) is 0.808. The monoisotopic (exact) mass is 368 g/mol. The van der Waals surface area contributed by atoms with Crippen LogP contribution in [0.2, 0.25) is 0 Å². The van der Waals surface area contributed by atoms with Gasteiger partial charge in [-0.1, -0.05) is 30.3 Å². The Hall–Kier alpha value is -3.06. The number of nitrogens with zero attached hydrogens (tertiary/aromatic N) is 1. The molecule has 2 aromatic carbocycles. The second-order valence-corrected chi connectivity index (χ2v) is 6.72. The van der Waals surface area contributed by atoms with Gasteiger partial charge in [0.05, 0.1) is 4.91 Å². The van der Waals surface area contributed by atoms with Gasteiger partial charge in [0.2, 0.25) is 5.91 Å². The number of anilines is 1. The third-order valence-electron chi connectivity index (χ3n) is 3.78. The van der Waals surface area contributed by atoms with Gasteiger partial charge in [-0.05, 0) is 48.0 Å². The van der Waals surface area contributed by atoms with Gasteiger partial charge in [0.1, 0.15) is 12.3 Å². The first kappa shape index (κ1) is 17.8. The Bertz CT molecular complexity index is 923. The van der Waals surface area contributed by atoms with Crippen molar-refractivity contribution in [3.63, 3.8) is 0 Å². The number of phenolic OH excluding ortho intramolecular Hbond substituents is 1. The molecule has 0 bridgehead atoms. The lowest BCUT2D eigenvalue weighted by atomic mass is 10.1. The van der Waals surface area contributed by atoms with Gasteiger partial charge in [0.25, 0.3) is 11.1 Å². The zero-order valence-electron chi connectivity index (χ0n) is 13.9. The van der Waals surface area contributed by atoms with Crippen LogP contribution in [0.5, 0.6) is 5.75 Å². The standard InChI is InChI=1S/C19H16N2O4S/c1-12-5-2-3-6-13(12)9-16-18(24)21(19(25)26-16)11-17(23)20-14-7-4-8-15(22)10-14/h2-10,22H,11H2,1H3,(H,20,23)/b16-9-. The number of phenols is 1. The predicted molar refractivity (Wildman–Crippen MR) is 101 cm³/mol. The number of thioether (sulfide) groups is 1. The van der Waals surface area contributed by atoms with E-state index in [4.69, 9.17) is 0 Å². The van der Waals surface area contributed by atoms with E-state index in [0.29, 0.717) is 5.69 Å². The van der Waals surface area contributed by atoms with Crippen molar-refractivity contribution in [1.29, 1.82) is 0 Å². The van der Waals surface area contributed by atoms with E-state index < -0.39 is 17.1 Å². The van der Waals surface area contributed by atoms with E-state index >= 15 is 0 Å². The fraction of sp³-hybridized carbons (Fsp3) is 0.105. The molecule has 0 atom stereocenters. The summed E-state index contributed by atoms with van der Waals surface area (Å²) in [5.41, 5.74) is 2.22. The van der Waals surface area contributed by atoms with Crippen molar-refractivity contribution in [3.8, 4) is 5.75 Å². The van der Waals surface area contributed by atoms with E-state index in [1.807, 2.05) is 31.2 Å². The van der Waals surface area contributed by atoms with Crippen molar-refractivity contribution in [2.24, 2.45) is 0 Å². The fourth-order valence-corrected chi connectivity index (χ4v) is 3.28. The number of benzene rings is 2. The van der Waals surface area contributed by atoms with Crippen LogP contribution in [-0.2, 0) is 9.59 Å². The maximum atomic E-state index is 12.5. The largest absolute Gasteiger partial charge is 0.508 e. The maximum absolute atomic E-state index is 12.5. The van der Waals surface area contributed by atoms with Crippen LogP contribution in [0.3, 0.4) is 0 Å². The molecular weight excluding hydrogens is 352 g/mol. The minimum Gasteiger partial charge on any atom is -0.508 e. The van der Waals surface area contributed by atoms with E-state index in [2.05, 4.69) is 5.32 Å². The summed E-state index contributed by atoms with van der Waals surface area (Å²) in [5, 5.41) is 11.5. The van der Waals surface area contributed by atoms with Crippen LogP contribution in [-0.4, -0.2) is 33.6 Å². The second-order valence-electron chi connectivity index (χ2n) is 5.72. The first-order valence-electron chi connectivity index (χ1n) is 7.84. The van der Waals surface area contributed by atoms with Crippen LogP contribution < -0.4 is 5.32 Å². The predicted octanol–water partition coefficient (Wildman–Crippen LogP) is 3.38. The fourth-order valence-electron chi connectivity index (χ4n) is 2.45. The summed E-state index contributed by atoms with van der Waals surface area (Å²) in [4.78, 5) is 37.9. The first-order valence-corrected chi connectivity index (χ1v) is 8.65. The highest BCUT2D eigenvalue weighted by Crippen LogP contribution is 2.32. The van der Waals surface area contributed by atoms with Gasteiger partial charge in [-0.25, -0.2) is 0 Å². The molecule has 3 rings (SSSR count). The molecule has 2 N–H and O–H groups in total. The van der Waals surface area contributed by atoms with E-state index in [1.54, 1.807) is 18.2 Å². The topological polar surface area (TPSA) is 86.7 Å². The zero-order chi connectivity index (χ0) is 18.7. The molecule has 0 aliphatic carbocycles. The van der Waals surface area contributed by atoms with Crippen molar-refractivity contribution in [2.75, 3.05) is 11.9 Å². The van der Waals surface area contributed by atoms with Gasteiger partial charge in [0.15, 0.2) is 0 Å². The third-order valence-corrected chi connectivity index (χ3v) is 4.69. The van der Waals surface area contributed by atoms with Crippen LogP contribution in [0.1, 0.15) is 11.1 Å². The van der Waals surface area contributed by atoms with Gasteiger partial charge in [-0.2, -0.15) is 0 Å². The molecule has 1 saturated heterocycles. The van der Waals surface area contributed by atoms with E-state index in [0.717, 1.165) is 27.8 Å². The van der Waals surface area contributed by atoms with Gasteiger partial charge >= 0.3 is 0 Å². The van der Waals surface area contributed by atoms with Crippen molar-refractivity contribution < 1.29 is 19.5 Å². The average Bonchev–Trinajstić information content (AvgIpc) is 2.84. The molecule has 0 aromatic heterocycles. The number of hydrogen-bond donors (Lipinski definition) is 2. The lowest BCUT2D eigenvalue weighted by molar-refractivity contribution is -0.127. The van der Waals surface area contributed by atoms with E-state index in [1.165, 1.54) is 12.1 Å². The summed E-state index contributed by atoms with van der Waals surface area (Å²) in [5.74, 6) is -1.00. The van der Waals surface area contributed by atoms with Gasteiger partial charge in [-0.3, -0.25) is 19.3 Å². The Morgan fingerprint density at radius 2 is 1.96 bits per heavy atom. The van der Waals surface area contributed by atoms with Crippen molar-refractivity contribution >= 4 is 40.6 Å². The van der Waals surface area contributed by atoms with E-state index in [-0.39, 0.29) is 17.2 Å². The summed E-state index contributed by atoms with van der Waals surface area (Å²) in [6.07, 6.45) is 1.66. The minimum absolute atomic E-state index is 0.00938. The Morgan fingerprint density at radius 1 is 1.19 bits per heavy atom. The maximum Gasteiger partial charge on any atom is 0.294 e. The third kappa shape index (κ3) is 3.94. The molecule has 26 heavy (non-hydrogen) atoms. The SMILES string of the molecule is Cc1ccccc1/C=C1\SC(=O)N(CC(=O)Nc2cccc(O)c2)C1=O. The van der Waals surface area contributed by atoms with Gasteiger partial charge in [0, 0.05) is 11.8 Å².